The molecule has 0 aromatic rings. The van der Waals surface area contributed by atoms with Crippen LogP contribution >= 0.6 is 0 Å². The highest BCUT2D eigenvalue weighted by atomic mass is 16.5. The fraction of sp³-hybridized carbons (Fsp3) is 0.929. The first-order chi connectivity index (χ1) is 8.40. The molecule has 0 aliphatic heterocycles. The van der Waals surface area contributed by atoms with E-state index in [9.17, 15) is 4.79 Å². The van der Waals surface area contributed by atoms with Gasteiger partial charge in [0, 0.05) is 6.42 Å². The quantitative estimate of drug-likeness (QED) is 0.538. The first-order valence-electron chi connectivity index (χ1n) is 6.84. The minimum Gasteiger partial charge on any atom is -0.463 e. The maximum atomic E-state index is 11.0. The summed E-state index contributed by atoms with van der Waals surface area (Å²) in [5, 5.41) is 8.87. The van der Waals surface area contributed by atoms with E-state index < -0.39 is 6.10 Å². The first-order valence-corrected chi connectivity index (χ1v) is 6.84. The van der Waals surface area contributed by atoms with E-state index in [1.54, 1.807) is 6.92 Å². The van der Waals surface area contributed by atoms with Crippen molar-refractivity contribution in [1.82, 2.24) is 4.90 Å². The summed E-state index contributed by atoms with van der Waals surface area (Å²) in [4.78, 5) is 13.0. The summed E-state index contributed by atoms with van der Waals surface area (Å²) in [7, 11) is 6.00. The second-order valence-electron chi connectivity index (χ2n) is 5.04. The highest BCUT2D eigenvalue weighted by Crippen LogP contribution is 2.05. The van der Waals surface area contributed by atoms with Crippen molar-refractivity contribution >= 4 is 5.97 Å². The maximum absolute atomic E-state index is 11.0. The van der Waals surface area contributed by atoms with Crippen molar-refractivity contribution in [3.05, 3.63) is 0 Å². The van der Waals surface area contributed by atoms with Crippen LogP contribution in [0.1, 0.15) is 52.4 Å². The van der Waals surface area contributed by atoms with Crippen LogP contribution in [0.25, 0.3) is 0 Å². The van der Waals surface area contributed by atoms with Gasteiger partial charge in [0.2, 0.25) is 0 Å². The third kappa shape index (κ3) is 24.6. The predicted octanol–water partition coefficient (Wildman–Crippen LogP) is 2.45. The summed E-state index contributed by atoms with van der Waals surface area (Å²) in [5.41, 5.74) is 0. The summed E-state index contributed by atoms with van der Waals surface area (Å²) in [6.45, 7) is 3.89. The second kappa shape index (κ2) is 14.5. The van der Waals surface area contributed by atoms with Gasteiger partial charge in [-0.3, -0.25) is 4.79 Å². The van der Waals surface area contributed by atoms with Gasteiger partial charge >= 0.3 is 5.97 Å². The van der Waals surface area contributed by atoms with Crippen LogP contribution in [-0.2, 0) is 9.53 Å². The monoisotopic (exact) mass is 261 g/mol. The molecule has 0 aromatic heterocycles. The normalized spacial score (nSPS) is 11.7. The lowest BCUT2D eigenvalue weighted by molar-refractivity contribution is -0.146. The number of hydrogen-bond donors (Lipinski definition) is 1. The van der Waals surface area contributed by atoms with Crippen LogP contribution in [0.15, 0.2) is 0 Å². The highest BCUT2D eigenvalue weighted by Gasteiger charge is 2.04. The average molecular weight is 261 g/mol. The molecule has 110 valence electrons. The van der Waals surface area contributed by atoms with Crippen molar-refractivity contribution in [2.45, 2.75) is 58.5 Å². The van der Waals surface area contributed by atoms with Gasteiger partial charge in [0.05, 0.1) is 6.10 Å². The minimum atomic E-state index is -0.556. The van der Waals surface area contributed by atoms with Gasteiger partial charge in [-0.2, -0.15) is 0 Å². The van der Waals surface area contributed by atoms with Crippen molar-refractivity contribution in [3.63, 3.8) is 0 Å². The standard InChI is InChI=1S/C11H22O3.C3H9N/c1-3-4-5-6-7-8-11(13)14-9-10(2)12;1-4(2)3/h10,12H,3-9H2,1-2H3;1-3H3. The number of carbonyl (C=O) groups excluding carboxylic acids is 1. The fourth-order valence-corrected chi connectivity index (χ4v) is 1.16. The summed E-state index contributed by atoms with van der Waals surface area (Å²) in [5.74, 6) is -0.192. The molecule has 1 atom stereocenters. The average Bonchev–Trinajstić information content (AvgIpc) is 2.25. The number of unbranched alkanes of at least 4 members (excludes halogenated alkanes) is 4. The summed E-state index contributed by atoms with van der Waals surface area (Å²) in [6, 6.07) is 0. The second-order valence-corrected chi connectivity index (χ2v) is 5.04. The third-order valence-electron chi connectivity index (χ3n) is 1.97. The molecule has 4 nitrogen and oxygen atoms in total. The van der Waals surface area contributed by atoms with Gasteiger partial charge in [0.25, 0.3) is 0 Å². The Morgan fingerprint density at radius 1 is 1.17 bits per heavy atom. The zero-order valence-electron chi connectivity index (χ0n) is 12.7. The van der Waals surface area contributed by atoms with Gasteiger partial charge in [-0.25, -0.2) is 0 Å². The van der Waals surface area contributed by atoms with Crippen LogP contribution in [0, 0.1) is 0 Å². The first kappa shape index (κ1) is 19.7. The maximum Gasteiger partial charge on any atom is 0.305 e. The molecule has 0 amide bonds. The summed E-state index contributed by atoms with van der Waals surface area (Å²) < 4.78 is 4.82. The minimum absolute atomic E-state index is 0.119. The number of hydrogen-bond acceptors (Lipinski definition) is 4. The predicted molar refractivity (Wildman–Crippen MR) is 75.6 cm³/mol. The Bertz CT molecular complexity index is 179. The largest absolute Gasteiger partial charge is 0.463 e. The Hall–Kier alpha value is -0.610. The van der Waals surface area contributed by atoms with Crippen molar-refractivity contribution in [2.75, 3.05) is 27.7 Å². The van der Waals surface area contributed by atoms with Crippen LogP contribution in [0.3, 0.4) is 0 Å². The number of ether oxygens (including phenoxy) is 1. The Balaban J connectivity index is 0. The molecular weight excluding hydrogens is 230 g/mol. The van der Waals surface area contributed by atoms with E-state index >= 15 is 0 Å². The van der Waals surface area contributed by atoms with Gasteiger partial charge in [0.15, 0.2) is 0 Å². The fourth-order valence-electron chi connectivity index (χ4n) is 1.16. The Kier molecular flexibility index (Phi) is 15.8. The van der Waals surface area contributed by atoms with Crippen LogP contribution in [-0.4, -0.2) is 49.8 Å². The van der Waals surface area contributed by atoms with Crippen molar-refractivity contribution in [3.8, 4) is 0 Å². The molecule has 0 aromatic carbocycles. The van der Waals surface area contributed by atoms with E-state index in [-0.39, 0.29) is 12.6 Å². The molecule has 4 heteroatoms. The molecule has 0 aliphatic carbocycles. The lowest BCUT2D eigenvalue weighted by atomic mass is 10.1. The zero-order valence-corrected chi connectivity index (χ0v) is 12.7. The van der Waals surface area contributed by atoms with Gasteiger partial charge in [0.1, 0.15) is 6.61 Å². The SMILES string of the molecule is CCCCCCCC(=O)OCC(C)O.CN(C)C. The molecule has 0 aliphatic rings. The van der Waals surface area contributed by atoms with E-state index in [1.807, 2.05) is 26.0 Å². The van der Waals surface area contributed by atoms with Gasteiger partial charge in [-0.1, -0.05) is 32.6 Å². The van der Waals surface area contributed by atoms with Gasteiger partial charge < -0.3 is 14.7 Å². The number of aliphatic hydroxyl groups excluding tert-OH is 1. The Labute approximate surface area is 112 Å². The molecule has 0 fully saturated rings. The lowest BCUT2D eigenvalue weighted by Crippen LogP contribution is -2.14. The number of nitrogens with zero attached hydrogens (tertiary/aromatic N) is 1. The van der Waals surface area contributed by atoms with E-state index in [4.69, 9.17) is 9.84 Å². The van der Waals surface area contributed by atoms with E-state index in [0.717, 1.165) is 12.8 Å². The number of rotatable bonds is 8. The molecule has 1 N–H and O–H groups in total. The zero-order chi connectivity index (χ0) is 14.4. The molecule has 0 rings (SSSR count). The third-order valence-corrected chi connectivity index (χ3v) is 1.97. The van der Waals surface area contributed by atoms with Crippen LogP contribution in [0.4, 0.5) is 0 Å². The van der Waals surface area contributed by atoms with Crippen molar-refractivity contribution in [2.24, 2.45) is 0 Å². The lowest BCUT2D eigenvalue weighted by Gasteiger charge is -2.06. The Morgan fingerprint density at radius 2 is 1.67 bits per heavy atom. The molecule has 0 saturated carbocycles. The van der Waals surface area contributed by atoms with Crippen LogP contribution in [0.5, 0.6) is 0 Å². The Morgan fingerprint density at radius 3 is 2.11 bits per heavy atom. The molecule has 18 heavy (non-hydrogen) atoms. The van der Waals surface area contributed by atoms with Crippen molar-refractivity contribution < 1.29 is 14.6 Å². The van der Waals surface area contributed by atoms with Crippen molar-refractivity contribution in [1.29, 1.82) is 0 Å². The number of carbonyl (C=O) groups is 1. The topological polar surface area (TPSA) is 49.8 Å². The molecule has 0 spiro atoms. The summed E-state index contributed by atoms with van der Waals surface area (Å²) in [6.07, 6.45) is 5.57. The summed E-state index contributed by atoms with van der Waals surface area (Å²) >= 11 is 0. The number of esters is 1. The molecule has 0 bridgehead atoms. The highest BCUT2D eigenvalue weighted by molar-refractivity contribution is 5.69. The van der Waals surface area contributed by atoms with E-state index in [1.165, 1.54) is 19.3 Å². The van der Waals surface area contributed by atoms with E-state index in [2.05, 4.69) is 6.92 Å². The molecule has 1 unspecified atom stereocenters. The molecule has 0 radical (unpaired) electrons. The van der Waals surface area contributed by atoms with Crippen LogP contribution in [0.2, 0.25) is 0 Å². The van der Waals surface area contributed by atoms with E-state index in [0.29, 0.717) is 6.42 Å². The molecular formula is C14H31NO3. The van der Waals surface area contributed by atoms with Gasteiger partial charge in [-0.15, -0.1) is 0 Å². The smallest absolute Gasteiger partial charge is 0.305 e. The van der Waals surface area contributed by atoms with Crippen LogP contribution < -0.4 is 0 Å². The number of aliphatic hydroxyl groups is 1. The van der Waals surface area contributed by atoms with Gasteiger partial charge in [-0.05, 0) is 34.5 Å². The molecule has 0 saturated heterocycles. The molecule has 0 heterocycles.